The molecule has 0 aliphatic heterocycles. The first kappa shape index (κ1) is 14.6. The van der Waals surface area contributed by atoms with Gasteiger partial charge in [-0.3, -0.25) is 4.21 Å². The van der Waals surface area contributed by atoms with Crippen molar-refractivity contribution in [3.63, 3.8) is 0 Å². The van der Waals surface area contributed by atoms with Gasteiger partial charge in [0.25, 0.3) is 0 Å². The van der Waals surface area contributed by atoms with Crippen molar-refractivity contribution >= 4 is 22.1 Å². The summed E-state index contributed by atoms with van der Waals surface area (Å²) in [6.07, 6.45) is 1.55. The number of aromatic nitrogens is 1. The molecule has 1 atom stereocenters. The average Bonchev–Trinajstić information content (AvgIpc) is 3.08. The highest BCUT2D eigenvalue weighted by atomic mass is 32.2. The molecule has 0 amide bonds. The number of rotatable bonds is 3. The lowest BCUT2D eigenvalue weighted by Gasteiger charge is -2.10. The lowest BCUT2D eigenvalue weighted by atomic mass is 10.0. The third-order valence-electron chi connectivity index (χ3n) is 3.23. The van der Waals surface area contributed by atoms with E-state index < -0.39 is 10.8 Å². The first-order chi connectivity index (χ1) is 10.7. The monoisotopic (exact) mass is 324 g/mol. The van der Waals surface area contributed by atoms with Crippen LogP contribution in [0.1, 0.15) is 5.56 Å². The SMILES string of the molecule is C[S@@](=O)c1nc(-c2cccs2)cc(-c2ccccc2)c1C#N. The molecule has 0 bridgehead atoms. The standard InChI is InChI=1S/C17H12N2OS2/c1-22(20)17-14(11-18)13(12-6-3-2-4-7-12)10-15(19-17)16-8-5-9-21-16/h2-10H,1H3/t22-/m1/s1. The summed E-state index contributed by atoms with van der Waals surface area (Å²) in [7, 11) is -1.33. The van der Waals surface area contributed by atoms with E-state index in [-0.39, 0.29) is 0 Å². The quantitative estimate of drug-likeness (QED) is 0.729. The maximum absolute atomic E-state index is 12.0. The summed E-state index contributed by atoms with van der Waals surface area (Å²) in [5, 5.41) is 11.8. The Kier molecular flexibility index (Phi) is 4.14. The molecule has 0 fully saturated rings. The van der Waals surface area contributed by atoms with Crippen LogP contribution >= 0.6 is 11.3 Å². The predicted octanol–water partition coefficient (Wildman–Crippen LogP) is 4.09. The minimum absolute atomic E-state index is 0.340. The zero-order valence-electron chi connectivity index (χ0n) is 11.8. The van der Waals surface area contributed by atoms with Crippen molar-refractivity contribution in [2.24, 2.45) is 0 Å². The van der Waals surface area contributed by atoms with Gasteiger partial charge in [-0.1, -0.05) is 36.4 Å². The number of nitriles is 1. The summed E-state index contributed by atoms with van der Waals surface area (Å²) in [4.78, 5) is 5.45. The van der Waals surface area contributed by atoms with E-state index in [1.165, 1.54) is 0 Å². The first-order valence-electron chi connectivity index (χ1n) is 6.58. The van der Waals surface area contributed by atoms with Crippen LogP contribution in [0.25, 0.3) is 21.7 Å². The Morgan fingerprint density at radius 2 is 1.95 bits per heavy atom. The van der Waals surface area contributed by atoms with Crippen molar-refractivity contribution < 1.29 is 4.21 Å². The molecule has 2 heterocycles. The van der Waals surface area contributed by atoms with E-state index in [9.17, 15) is 9.47 Å². The molecule has 0 radical (unpaired) electrons. The Bertz CT molecular complexity index is 866. The third-order valence-corrected chi connectivity index (χ3v) is 4.96. The maximum atomic E-state index is 12.0. The summed E-state index contributed by atoms with van der Waals surface area (Å²) in [6.45, 7) is 0. The second kappa shape index (κ2) is 6.22. The minimum Gasteiger partial charge on any atom is -0.253 e. The molecule has 3 nitrogen and oxygen atoms in total. The number of pyridine rings is 1. The number of benzene rings is 1. The van der Waals surface area contributed by atoms with E-state index in [4.69, 9.17) is 0 Å². The van der Waals surface area contributed by atoms with E-state index in [1.54, 1.807) is 17.6 Å². The van der Waals surface area contributed by atoms with E-state index in [0.717, 1.165) is 21.7 Å². The summed E-state index contributed by atoms with van der Waals surface area (Å²) in [5.74, 6) is 0. The van der Waals surface area contributed by atoms with Gasteiger partial charge in [-0.25, -0.2) is 4.98 Å². The van der Waals surface area contributed by atoms with Crippen LogP contribution in [0.2, 0.25) is 0 Å². The van der Waals surface area contributed by atoms with Gasteiger partial charge in [0.15, 0.2) is 0 Å². The summed E-state index contributed by atoms with van der Waals surface area (Å²) >= 11 is 1.57. The van der Waals surface area contributed by atoms with Gasteiger partial charge in [-0.05, 0) is 23.1 Å². The van der Waals surface area contributed by atoms with Crippen LogP contribution in [-0.4, -0.2) is 15.4 Å². The molecule has 0 unspecified atom stereocenters. The van der Waals surface area contributed by atoms with Gasteiger partial charge in [0.05, 0.1) is 26.9 Å². The fourth-order valence-corrected chi connectivity index (χ4v) is 3.59. The van der Waals surface area contributed by atoms with E-state index in [0.29, 0.717) is 10.6 Å². The van der Waals surface area contributed by atoms with Crippen molar-refractivity contribution in [1.82, 2.24) is 4.98 Å². The second-order valence-electron chi connectivity index (χ2n) is 4.64. The number of thiophene rings is 1. The van der Waals surface area contributed by atoms with Crippen LogP contribution in [0.5, 0.6) is 0 Å². The number of nitrogens with zero attached hydrogens (tertiary/aromatic N) is 2. The van der Waals surface area contributed by atoms with E-state index in [1.807, 2.05) is 53.9 Å². The zero-order valence-corrected chi connectivity index (χ0v) is 13.4. The van der Waals surface area contributed by atoms with Gasteiger partial charge in [-0.2, -0.15) is 5.26 Å². The zero-order chi connectivity index (χ0) is 15.5. The normalized spacial score (nSPS) is 11.8. The van der Waals surface area contributed by atoms with Gasteiger partial charge >= 0.3 is 0 Å². The van der Waals surface area contributed by atoms with Gasteiger partial charge in [-0.15, -0.1) is 11.3 Å². The Morgan fingerprint density at radius 3 is 2.55 bits per heavy atom. The molecular weight excluding hydrogens is 312 g/mol. The summed E-state index contributed by atoms with van der Waals surface area (Å²) < 4.78 is 12.0. The number of hydrogen-bond acceptors (Lipinski definition) is 4. The molecule has 3 rings (SSSR count). The fraction of sp³-hybridized carbons (Fsp3) is 0.0588. The first-order valence-corrected chi connectivity index (χ1v) is 9.02. The smallest absolute Gasteiger partial charge is 0.146 e. The van der Waals surface area contributed by atoms with Crippen LogP contribution < -0.4 is 0 Å². The summed E-state index contributed by atoms with van der Waals surface area (Å²) in [6, 6.07) is 17.6. The highest BCUT2D eigenvalue weighted by Gasteiger charge is 2.17. The minimum atomic E-state index is -1.33. The Morgan fingerprint density at radius 1 is 1.18 bits per heavy atom. The molecule has 0 saturated heterocycles. The van der Waals surface area contributed by atoms with Crippen LogP contribution in [0.4, 0.5) is 0 Å². The van der Waals surface area contributed by atoms with E-state index in [2.05, 4.69) is 11.1 Å². The molecule has 108 valence electrons. The van der Waals surface area contributed by atoms with Gasteiger partial charge in [0.1, 0.15) is 11.1 Å². The van der Waals surface area contributed by atoms with Crippen molar-refractivity contribution in [3.05, 3.63) is 59.5 Å². The predicted molar refractivity (Wildman–Crippen MR) is 90.0 cm³/mol. The van der Waals surface area contributed by atoms with Crippen molar-refractivity contribution in [3.8, 4) is 27.8 Å². The maximum Gasteiger partial charge on any atom is 0.146 e. The average molecular weight is 324 g/mol. The van der Waals surface area contributed by atoms with Crippen molar-refractivity contribution in [2.45, 2.75) is 5.03 Å². The lowest BCUT2D eigenvalue weighted by molar-refractivity contribution is 0.684. The van der Waals surface area contributed by atoms with Gasteiger partial charge in [0.2, 0.25) is 0 Å². The lowest BCUT2D eigenvalue weighted by Crippen LogP contribution is -2.01. The fourth-order valence-electron chi connectivity index (χ4n) is 2.23. The highest BCUT2D eigenvalue weighted by molar-refractivity contribution is 7.84. The molecular formula is C17H12N2OS2. The van der Waals surface area contributed by atoms with Crippen LogP contribution in [0.3, 0.4) is 0 Å². The third kappa shape index (κ3) is 2.71. The second-order valence-corrected chi connectivity index (χ2v) is 6.89. The van der Waals surface area contributed by atoms with Crippen molar-refractivity contribution in [2.75, 3.05) is 6.26 Å². The van der Waals surface area contributed by atoms with E-state index >= 15 is 0 Å². The molecule has 0 aliphatic carbocycles. The summed E-state index contributed by atoms with van der Waals surface area (Å²) in [5.41, 5.74) is 2.82. The molecule has 22 heavy (non-hydrogen) atoms. The number of hydrogen-bond donors (Lipinski definition) is 0. The molecule has 0 aliphatic rings. The molecule has 5 heteroatoms. The molecule has 3 aromatic rings. The van der Waals surface area contributed by atoms with Gasteiger partial charge < -0.3 is 0 Å². The Labute approximate surface area is 135 Å². The molecule has 1 aromatic carbocycles. The van der Waals surface area contributed by atoms with Crippen LogP contribution in [0.15, 0.2) is 58.9 Å². The Hall–Kier alpha value is -2.29. The molecule has 2 aromatic heterocycles. The van der Waals surface area contributed by atoms with Crippen LogP contribution in [0, 0.1) is 11.3 Å². The Balaban J connectivity index is 2.32. The van der Waals surface area contributed by atoms with Crippen LogP contribution in [-0.2, 0) is 10.8 Å². The molecule has 0 saturated carbocycles. The highest BCUT2D eigenvalue weighted by Crippen LogP contribution is 2.32. The van der Waals surface area contributed by atoms with Crippen molar-refractivity contribution in [1.29, 1.82) is 5.26 Å². The molecule has 0 N–H and O–H groups in total. The largest absolute Gasteiger partial charge is 0.253 e. The topological polar surface area (TPSA) is 53.8 Å². The van der Waals surface area contributed by atoms with Gasteiger partial charge in [0, 0.05) is 11.8 Å². The molecule has 0 spiro atoms.